The molecule has 0 amide bonds. The first-order valence-corrected chi connectivity index (χ1v) is 7.90. The molecule has 0 aromatic heterocycles. The predicted molar refractivity (Wildman–Crippen MR) is 74.5 cm³/mol. The van der Waals surface area contributed by atoms with Crippen molar-refractivity contribution in [3.63, 3.8) is 0 Å². The molecule has 4 nitrogen and oxygen atoms in total. The molecule has 0 fully saturated rings. The van der Waals surface area contributed by atoms with Crippen molar-refractivity contribution in [3.05, 3.63) is 35.9 Å². The summed E-state index contributed by atoms with van der Waals surface area (Å²) in [5.74, 6) is 0.490. The van der Waals surface area contributed by atoms with Crippen molar-refractivity contribution in [2.75, 3.05) is 13.1 Å². The first kappa shape index (κ1) is 15.1. The van der Waals surface area contributed by atoms with Crippen LogP contribution in [-0.4, -0.2) is 21.5 Å². The molecule has 102 valence electrons. The summed E-state index contributed by atoms with van der Waals surface area (Å²) in [7, 11) is -3.22. The van der Waals surface area contributed by atoms with Gasteiger partial charge in [0, 0.05) is 6.54 Å². The van der Waals surface area contributed by atoms with E-state index in [2.05, 4.69) is 11.6 Å². The monoisotopic (exact) mass is 270 g/mol. The maximum Gasteiger partial charge on any atom is 0.215 e. The molecular formula is C13H22N2O2S. The van der Waals surface area contributed by atoms with Gasteiger partial charge in [0.2, 0.25) is 10.0 Å². The van der Waals surface area contributed by atoms with Gasteiger partial charge in [-0.05, 0) is 30.9 Å². The number of benzene rings is 1. The van der Waals surface area contributed by atoms with Gasteiger partial charge in [-0.2, -0.15) is 0 Å². The third-order valence-corrected chi connectivity index (χ3v) is 4.15. The van der Waals surface area contributed by atoms with Crippen LogP contribution < -0.4 is 10.5 Å². The largest absolute Gasteiger partial charge is 0.330 e. The summed E-state index contributed by atoms with van der Waals surface area (Å²) in [6.45, 7) is 3.20. The van der Waals surface area contributed by atoms with Crippen LogP contribution in [0.25, 0.3) is 0 Å². The topological polar surface area (TPSA) is 72.2 Å². The second kappa shape index (κ2) is 7.51. The Bertz CT molecular complexity index is 432. The Morgan fingerprint density at radius 1 is 1.28 bits per heavy atom. The van der Waals surface area contributed by atoms with E-state index in [1.54, 1.807) is 0 Å². The van der Waals surface area contributed by atoms with E-state index in [4.69, 9.17) is 5.73 Å². The molecule has 0 aliphatic rings. The third-order valence-electron chi connectivity index (χ3n) is 2.80. The average Bonchev–Trinajstić information content (AvgIpc) is 2.35. The molecule has 5 heteroatoms. The molecule has 1 atom stereocenters. The fourth-order valence-electron chi connectivity index (χ4n) is 1.64. The molecule has 0 saturated carbocycles. The number of rotatable bonds is 8. The van der Waals surface area contributed by atoms with E-state index in [1.807, 2.05) is 30.3 Å². The van der Waals surface area contributed by atoms with E-state index in [0.29, 0.717) is 19.0 Å². The van der Waals surface area contributed by atoms with Crippen LogP contribution in [0.1, 0.15) is 25.3 Å². The lowest BCUT2D eigenvalue weighted by Crippen LogP contribution is -2.26. The van der Waals surface area contributed by atoms with Crippen molar-refractivity contribution in [2.24, 2.45) is 11.7 Å². The summed E-state index contributed by atoms with van der Waals surface area (Å²) in [5, 5.41) is 0. The summed E-state index contributed by atoms with van der Waals surface area (Å²) in [4.78, 5) is 0. The summed E-state index contributed by atoms with van der Waals surface area (Å²) in [5.41, 5.74) is 6.31. The molecule has 0 bridgehead atoms. The van der Waals surface area contributed by atoms with Gasteiger partial charge in [0.05, 0.1) is 5.75 Å². The molecule has 0 spiro atoms. The van der Waals surface area contributed by atoms with Crippen molar-refractivity contribution in [2.45, 2.75) is 25.5 Å². The van der Waals surface area contributed by atoms with Crippen LogP contribution in [0, 0.1) is 5.92 Å². The van der Waals surface area contributed by atoms with E-state index < -0.39 is 10.0 Å². The Balaban J connectivity index is 2.32. The molecular weight excluding hydrogens is 248 g/mol. The highest BCUT2D eigenvalue weighted by Crippen LogP contribution is 2.05. The highest BCUT2D eigenvalue weighted by molar-refractivity contribution is 7.88. The average molecular weight is 270 g/mol. The molecule has 0 heterocycles. The van der Waals surface area contributed by atoms with Crippen molar-refractivity contribution < 1.29 is 8.42 Å². The lowest BCUT2D eigenvalue weighted by Gasteiger charge is -2.09. The minimum Gasteiger partial charge on any atom is -0.330 e. The van der Waals surface area contributed by atoms with Crippen molar-refractivity contribution >= 4 is 10.0 Å². The molecule has 18 heavy (non-hydrogen) atoms. The fourth-order valence-corrected chi connectivity index (χ4v) is 2.83. The zero-order valence-electron chi connectivity index (χ0n) is 10.8. The van der Waals surface area contributed by atoms with Gasteiger partial charge in [-0.3, -0.25) is 0 Å². The van der Waals surface area contributed by atoms with Crippen LogP contribution in [0.4, 0.5) is 0 Å². The van der Waals surface area contributed by atoms with E-state index in [1.165, 1.54) is 0 Å². The summed E-state index contributed by atoms with van der Waals surface area (Å²) in [6.07, 6.45) is 1.77. The van der Waals surface area contributed by atoms with Crippen molar-refractivity contribution in [1.29, 1.82) is 0 Å². The highest BCUT2D eigenvalue weighted by atomic mass is 32.2. The lowest BCUT2D eigenvalue weighted by molar-refractivity contribution is 0.513. The first-order valence-electron chi connectivity index (χ1n) is 6.25. The molecule has 0 aliphatic heterocycles. The second-order valence-electron chi connectivity index (χ2n) is 4.62. The molecule has 1 aromatic rings. The number of nitrogens with one attached hydrogen (secondary N) is 1. The molecule has 1 aromatic carbocycles. The highest BCUT2D eigenvalue weighted by Gasteiger charge is 2.10. The van der Waals surface area contributed by atoms with Crippen LogP contribution in [-0.2, 0) is 15.8 Å². The van der Waals surface area contributed by atoms with E-state index in [-0.39, 0.29) is 5.75 Å². The quantitative estimate of drug-likeness (QED) is 0.703. The molecule has 0 saturated heterocycles. The number of nitrogens with two attached hydrogens (primary N) is 1. The SMILES string of the molecule is CC(CN)CCCNS(=O)(=O)Cc1ccccc1. The lowest BCUT2D eigenvalue weighted by atomic mass is 10.1. The molecule has 1 unspecified atom stereocenters. The minimum atomic E-state index is -3.22. The fraction of sp³-hybridized carbons (Fsp3) is 0.538. The van der Waals surface area contributed by atoms with Gasteiger partial charge in [0.1, 0.15) is 0 Å². The molecule has 0 aliphatic carbocycles. The van der Waals surface area contributed by atoms with Gasteiger partial charge in [-0.1, -0.05) is 37.3 Å². The van der Waals surface area contributed by atoms with Gasteiger partial charge in [0.25, 0.3) is 0 Å². The maximum absolute atomic E-state index is 11.8. The predicted octanol–water partition coefficient (Wildman–Crippen LogP) is 1.48. The van der Waals surface area contributed by atoms with Gasteiger partial charge >= 0.3 is 0 Å². The Morgan fingerprint density at radius 3 is 2.56 bits per heavy atom. The van der Waals surface area contributed by atoms with Crippen LogP contribution in [0.3, 0.4) is 0 Å². The number of hydrogen-bond acceptors (Lipinski definition) is 3. The van der Waals surface area contributed by atoms with Crippen LogP contribution in [0.5, 0.6) is 0 Å². The molecule has 3 N–H and O–H groups in total. The van der Waals surface area contributed by atoms with Crippen LogP contribution in [0.15, 0.2) is 30.3 Å². The summed E-state index contributed by atoms with van der Waals surface area (Å²) in [6, 6.07) is 9.19. The Morgan fingerprint density at radius 2 is 1.94 bits per heavy atom. The normalized spacial score (nSPS) is 13.4. The van der Waals surface area contributed by atoms with Crippen molar-refractivity contribution in [1.82, 2.24) is 4.72 Å². The van der Waals surface area contributed by atoms with Crippen molar-refractivity contribution in [3.8, 4) is 0 Å². The minimum absolute atomic E-state index is 0.0419. The Labute approximate surface area is 110 Å². The van der Waals surface area contributed by atoms with Gasteiger partial charge < -0.3 is 5.73 Å². The summed E-state index contributed by atoms with van der Waals surface area (Å²) < 4.78 is 26.2. The standard InChI is InChI=1S/C13H22N2O2S/c1-12(10-14)6-5-9-15-18(16,17)11-13-7-3-2-4-8-13/h2-4,7-8,12,15H,5-6,9-11,14H2,1H3. The zero-order chi connectivity index (χ0) is 13.4. The molecule has 0 radical (unpaired) electrons. The first-order chi connectivity index (χ1) is 8.53. The van der Waals surface area contributed by atoms with E-state index >= 15 is 0 Å². The molecule has 1 rings (SSSR count). The van der Waals surface area contributed by atoms with Gasteiger partial charge in [-0.15, -0.1) is 0 Å². The second-order valence-corrected chi connectivity index (χ2v) is 6.43. The third kappa shape index (κ3) is 6.14. The van der Waals surface area contributed by atoms with Gasteiger partial charge in [-0.25, -0.2) is 13.1 Å². The zero-order valence-corrected chi connectivity index (χ0v) is 11.6. The Kier molecular flexibility index (Phi) is 6.32. The van der Waals surface area contributed by atoms with Crippen LogP contribution >= 0.6 is 0 Å². The maximum atomic E-state index is 11.8. The van der Waals surface area contributed by atoms with Crippen LogP contribution in [0.2, 0.25) is 0 Å². The van der Waals surface area contributed by atoms with E-state index in [0.717, 1.165) is 18.4 Å². The van der Waals surface area contributed by atoms with E-state index in [9.17, 15) is 8.42 Å². The number of sulfonamides is 1. The Hall–Kier alpha value is -0.910. The summed E-state index contributed by atoms with van der Waals surface area (Å²) >= 11 is 0. The number of hydrogen-bond donors (Lipinski definition) is 2. The van der Waals surface area contributed by atoms with Gasteiger partial charge in [0.15, 0.2) is 0 Å². The smallest absolute Gasteiger partial charge is 0.215 e.